The van der Waals surface area contributed by atoms with Gasteiger partial charge in [-0.05, 0) is 16.9 Å². The van der Waals surface area contributed by atoms with E-state index < -0.39 is 6.80 Å². The summed E-state index contributed by atoms with van der Waals surface area (Å²) in [5, 5.41) is -0.105. The molecule has 0 amide bonds. The third-order valence-corrected chi connectivity index (χ3v) is 6.23. The second kappa shape index (κ2) is 6.26. The monoisotopic (exact) mass is 258 g/mol. The van der Waals surface area contributed by atoms with Crippen molar-refractivity contribution in [3.63, 3.8) is 0 Å². The smallest absolute Gasteiger partial charge is 0.304 e. The molecule has 0 aliphatic rings. The standard InChI is InChI=1S/C11H15O3PS/c1-4-11(10-8-6-5-7-9-10)16-15(12,13-2)14-3/h4-9,11H,1H2,2-3H3. The first-order chi connectivity index (χ1) is 7.65. The van der Waals surface area contributed by atoms with Crippen LogP contribution in [0, 0.1) is 0 Å². The summed E-state index contributed by atoms with van der Waals surface area (Å²) in [5.41, 5.74) is 1.02. The van der Waals surface area contributed by atoms with Gasteiger partial charge in [-0.2, -0.15) is 0 Å². The van der Waals surface area contributed by atoms with Gasteiger partial charge < -0.3 is 9.05 Å². The first kappa shape index (κ1) is 13.5. The van der Waals surface area contributed by atoms with Gasteiger partial charge in [0.15, 0.2) is 0 Å². The Kier molecular flexibility index (Phi) is 5.29. The molecular formula is C11H15O3PS. The minimum absolute atomic E-state index is 0.105. The summed E-state index contributed by atoms with van der Waals surface area (Å²) in [6.07, 6.45) is 1.73. The van der Waals surface area contributed by atoms with E-state index in [1.165, 1.54) is 14.2 Å². The van der Waals surface area contributed by atoms with E-state index in [0.29, 0.717) is 0 Å². The molecule has 0 radical (unpaired) electrons. The van der Waals surface area contributed by atoms with E-state index in [1.54, 1.807) is 6.08 Å². The molecule has 1 aromatic carbocycles. The van der Waals surface area contributed by atoms with Crippen molar-refractivity contribution >= 4 is 18.2 Å². The maximum Gasteiger partial charge on any atom is 0.389 e. The van der Waals surface area contributed by atoms with E-state index in [4.69, 9.17) is 9.05 Å². The van der Waals surface area contributed by atoms with Crippen LogP contribution < -0.4 is 0 Å². The number of hydrogen-bond acceptors (Lipinski definition) is 4. The molecule has 88 valence electrons. The summed E-state index contributed by atoms with van der Waals surface area (Å²) in [5.74, 6) is 0. The van der Waals surface area contributed by atoms with Gasteiger partial charge >= 0.3 is 6.80 Å². The first-order valence-corrected chi connectivity index (χ1v) is 7.75. The maximum atomic E-state index is 12.0. The highest BCUT2D eigenvalue weighted by Crippen LogP contribution is 2.64. The zero-order chi connectivity index (χ0) is 12.0. The highest BCUT2D eigenvalue weighted by Gasteiger charge is 2.27. The molecule has 1 unspecified atom stereocenters. The highest BCUT2D eigenvalue weighted by molar-refractivity contribution is 8.55. The molecule has 0 saturated heterocycles. The molecule has 1 aromatic rings. The molecule has 5 heteroatoms. The molecule has 0 aliphatic heterocycles. The molecule has 16 heavy (non-hydrogen) atoms. The van der Waals surface area contributed by atoms with Gasteiger partial charge in [0, 0.05) is 14.2 Å². The Hall–Kier alpha value is -0.540. The van der Waals surface area contributed by atoms with E-state index in [-0.39, 0.29) is 5.25 Å². The zero-order valence-electron chi connectivity index (χ0n) is 9.33. The second-order valence-electron chi connectivity index (χ2n) is 2.98. The molecule has 0 saturated carbocycles. The molecule has 0 aromatic heterocycles. The van der Waals surface area contributed by atoms with E-state index in [2.05, 4.69) is 6.58 Å². The Morgan fingerprint density at radius 3 is 2.31 bits per heavy atom. The van der Waals surface area contributed by atoms with Gasteiger partial charge in [-0.1, -0.05) is 36.4 Å². The predicted octanol–water partition coefficient (Wildman–Crippen LogP) is 4.05. The normalized spacial score (nSPS) is 13.4. The van der Waals surface area contributed by atoms with Crippen LogP contribution in [0.3, 0.4) is 0 Å². The average molecular weight is 258 g/mol. The van der Waals surface area contributed by atoms with E-state index in [0.717, 1.165) is 16.9 Å². The van der Waals surface area contributed by atoms with E-state index in [9.17, 15) is 4.57 Å². The molecule has 1 atom stereocenters. The van der Waals surface area contributed by atoms with Crippen molar-refractivity contribution in [2.75, 3.05) is 14.2 Å². The fourth-order valence-corrected chi connectivity index (χ4v) is 4.12. The highest BCUT2D eigenvalue weighted by atomic mass is 32.7. The molecule has 0 spiro atoms. The average Bonchev–Trinajstić information content (AvgIpc) is 2.36. The van der Waals surface area contributed by atoms with Crippen LogP contribution in [0.5, 0.6) is 0 Å². The Morgan fingerprint density at radius 1 is 1.31 bits per heavy atom. The van der Waals surface area contributed by atoms with Crippen LogP contribution in [-0.2, 0) is 13.6 Å². The summed E-state index contributed by atoms with van der Waals surface area (Å²) >= 11 is 1.14. The van der Waals surface area contributed by atoms with Crippen LogP contribution in [0.2, 0.25) is 0 Å². The van der Waals surface area contributed by atoms with Gasteiger partial charge in [0.25, 0.3) is 0 Å². The lowest BCUT2D eigenvalue weighted by molar-refractivity contribution is 0.295. The largest absolute Gasteiger partial charge is 0.389 e. The molecule has 1 rings (SSSR count). The lowest BCUT2D eigenvalue weighted by Gasteiger charge is -2.18. The number of benzene rings is 1. The van der Waals surface area contributed by atoms with E-state index >= 15 is 0 Å². The summed E-state index contributed by atoms with van der Waals surface area (Å²) < 4.78 is 21.7. The van der Waals surface area contributed by atoms with Gasteiger partial charge in [0.1, 0.15) is 0 Å². The van der Waals surface area contributed by atoms with Gasteiger partial charge in [-0.25, -0.2) is 4.57 Å². The Labute approximate surface area is 100 Å². The van der Waals surface area contributed by atoms with Crippen LogP contribution in [0.1, 0.15) is 10.8 Å². The van der Waals surface area contributed by atoms with Gasteiger partial charge in [-0.3, -0.25) is 0 Å². The van der Waals surface area contributed by atoms with Gasteiger partial charge in [0.2, 0.25) is 0 Å². The van der Waals surface area contributed by atoms with Crippen molar-refractivity contribution in [1.29, 1.82) is 0 Å². The quantitative estimate of drug-likeness (QED) is 0.569. The molecular weight excluding hydrogens is 243 g/mol. The summed E-state index contributed by atoms with van der Waals surface area (Å²) in [7, 11) is 2.75. The number of rotatable bonds is 6. The van der Waals surface area contributed by atoms with Crippen LogP contribution in [0.25, 0.3) is 0 Å². The van der Waals surface area contributed by atoms with E-state index in [1.807, 2.05) is 30.3 Å². The van der Waals surface area contributed by atoms with Gasteiger partial charge in [0.05, 0.1) is 5.25 Å². The zero-order valence-corrected chi connectivity index (χ0v) is 11.0. The summed E-state index contributed by atoms with van der Waals surface area (Å²) in [4.78, 5) is 0. The van der Waals surface area contributed by atoms with Crippen molar-refractivity contribution in [2.45, 2.75) is 5.25 Å². The Balaban J connectivity index is 2.85. The number of hydrogen-bond donors (Lipinski definition) is 0. The molecule has 3 nitrogen and oxygen atoms in total. The fourth-order valence-electron chi connectivity index (χ4n) is 1.18. The predicted molar refractivity (Wildman–Crippen MR) is 68.6 cm³/mol. The maximum absolute atomic E-state index is 12.0. The van der Waals surface area contributed by atoms with Crippen LogP contribution >= 0.6 is 18.2 Å². The molecule has 0 heterocycles. The second-order valence-corrected chi connectivity index (χ2v) is 7.30. The van der Waals surface area contributed by atoms with Crippen LogP contribution in [0.4, 0.5) is 0 Å². The van der Waals surface area contributed by atoms with Crippen molar-refractivity contribution < 1.29 is 13.6 Å². The SMILES string of the molecule is C=CC(SP(=O)(OC)OC)c1ccccc1. The molecule has 0 bridgehead atoms. The fraction of sp³-hybridized carbons (Fsp3) is 0.273. The van der Waals surface area contributed by atoms with Crippen molar-refractivity contribution in [3.8, 4) is 0 Å². The molecule has 0 N–H and O–H groups in total. The topological polar surface area (TPSA) is 35.5 Å². The van der Waals surface area contributed by atoms with Crippen molar-refractivity contribution in [2.24, 2.45) is 0 Å². The lowest BCUT2D eigenvalue weighted by atomic mass is 10.1. The van der Waals surface area contributed by atoms with Crippen molar-refractivity contribution in [3.05, 3.63) is 48.6 Å². The molecule has 0 aliphatic carbocycles. The summed E-state index contributed by atoms with van der Waals surface area (Å²) in [6.45, 7) is 0.663. The Morgan fingerprint density at radius 2 is 1.88 bits per heavy atom. The van der Waals surface area contributed by atoms with Crippen LogP contribution in [0.15, 0.2) is 43.0 Å². The van der Waals surface area contributed by atoms with Crippen LogP contribution in [-0.4, -0.2) is 14.2 Å². The Bertz CT molecular complexity index is 372. The molecule has 0 fully saturated rings. The minimum atomic E-state index is -3.07. The lowest BCUT2D eigenvalue weighted by Crippen LogP contribution is -1.92. The minimum Gasteiger partial charge on any atom is -0.304 e. The van der Waals surface area contributed by atoms with Gasteiger partial charge in [-0.15, -0.1) is 6.58 Å². The third kappa shape index (κ3) is 3.49. The summed E-state index contributed by atoms with van der Waals surface area (Å²) in [6, 6.07) is 9.69. The third-order valence-electron chi connectivity index (χ3n) is 2.03. The first-order valence-electron chi connectivity index (χ1n) is 4.72. The van der Waals surface area contributed by atoms with Crippen molar-refractivity contribution in [1.82, 2.24) is 0 Å².